The Morgan fingerprint density at radius 1 is 0.588 bits per heavy atom. The van der Waals surface area contributed by atoms with E-state index >= 15 is 0 Å². The van der Waals surface area contributed by atoms with Crippen LogP contribution in [0.3, 0.4) is 0 Å². The number of isocyanates is 2. The van der Waals surface area contributed by atoms with Gasteiger partial charge in [0.25, 0.3) is 0 Å². The molecule has 0 atom stereocenters. The second-order valence-corrected chi connectivity index (χ2v) is 6.09. The summed E-state index contributed by atoms with van der Waals surface area (Å²) in [5, 5.41) is 0. The monoisotopic (exact) mass is 468 g/mol. The second-order valence-electron chi connectivity index (χ2n) is 6.09. The van der Waals surface area contributed by atoms with Crippen LogP contribution in [0.4, 0.5) is 11.4 Å². The van der Waals surface area contributed by atoms with Gasteiger partial charge in [0.05, 0.1) is 22.5 Å². The maximum Gasteiger partial charge on any atom is 0.344 e. The fraction of sp³-hybridized carbons (Fsp3) is 0.182. The molecule has 0 fully saturated rings. The summed E-state index contributed by atoms with van der Waals surface area (Å²) in [5.41, 5.74) is 0.864. The topological polar surface area (TPSA) is 164 Å². The number of carbonyl (C=O) groups is 4. The standard InChI is InChI=1S/C22H16N2O10/c25-13-23-17-5-1-15(2-6-17)21(29)33-11-19(27)31-9-10-32-20(28)12-34-22(30)16-3-7-18(8-4-16)24-14-26/h1-8H,9-12H2. The normalized spacial score (nSPS) is 9.53. The molecule has 2 aromatic rings. The molecule has 2 rings (SSSR count). The summed E-state index contributed by atoms with van der Waals surface area (Å²) in [6, 6.07) is 11.0. The third-order valence-corrected chi connectivity index (χ3v) is 3.81. The average molecular weight is 468 g/mol. The lowest BCUT2D eigenvalue weighted by Crippen LogP contribution is -2.21. The highest BCUT2D eigenvalue weighted by molar-refractivity contribution is 5.91. The Morgan fingerprint density at radius 2 is 0.941 bits per heavy atom. The summed E-state index contributed by atoms with van der Waals surface area (Å²) in [6.45, 7) is -1.97. The van der Waals surface area contributed by atoms with Gasteiger partial charge in [-0.25, -0.2) is 28.8 Å². The third kappa shape index (κ3) is 8.67. The van der Waals surface area contributed by atoms with Crippen molar-refractivity contribution in [2.75, 3.05) is 26.4 Å². The molecule has 0 spiro atoms. The van der Waals surface area contributed by atoms with Crippen molar-refractivity contribution in [1.29, 1.82) is 0 Å². The van der Waals surface area contributed by atoms with E-state index in [1.807, 2.05) is 0 Å². The third-order valence-electron chi connectivity index (χ3n) is 3.81. The van der Waals surface area contributed by atoms with E-state index in [0.717, 1.165) is 0 Å². The predicted molar refractivity (Wildman–Crippen MR) is 111 cm³/mol. The van der Waals surface area contributed by atoms with Crippen molar-refractivity contribution in [2.45, 2.75) is 0 Å². The van der Waals surface area contributed by atoms with Gasteiger partial charge in [-0.15, -0.1) is 0 Å². The number of ether oxygens (including phenoxy) is 4. The first-order valence-corrected chi connectivity index (χ1v) is 9.44. The predicted octanol–water partition coefficient (Wildman–Crippen LogP) is 1.72. The maximum absolute atomic E-state index is 11.8. The maximum atomic E-state index is 11.8. The lowest BCUT2D eigenvalue weighted by molar-refractivity contribution is -0.155. The van der Waals surface area contributed by atoms with Crippen LogP contribution in [-0.4, -0.2) is 62.5 Å². The van der Waals surface area contributed by atoms with Gasteiger partial charge in [0.15, 0.2) is 13.2 Å². The number of benzene rings is 2. The Bertz CT molecular complexity index is 1040. The minimum Gasteiger partial charge on any atom is -0.460 e. The number of rotatable bonds is 11. The zero-order valence-corrected chi connectivity index (χ0v) is 17.4. The minimum atomic E-state index is -0.875. The molecule has 34 heavy (non-hydrogen) atoms. The molecule has 0 heterocycles. The summed E-state index contributed by atoms with van der Waals surface area (Å²) >= 11 is 0. The first-order chi connectivity index (χ1) is 16.4. The Hall–Kier alpha value is -4.92. The van der Waals surface area contributed by atoms with Gasteiger partial charge >= 0.3 is 23.9 Å². The minimum absolute atomic E-state index is 0.131. The molecule has 0 aliphatic carbocycles. The van der Waals surface area contributed by atoms with Gasteiger partial charge in [-0.3, -0.25) is 0 Å². The molecule has 174 valence electrons. The highest BCUT2D eigenvalue weighted by atomic mass is 16.6. The molecule has 0 amide bonds. The summed E-state index contributed by atoms with van der Waals surface area (Å²) in [7, 11) is 0. The number of hydrogen-bond donors (Lipinski definition) is 0. The van der Waals surface area contributed by atoms with Gasteiger partial charge in [0.1, 0.15) is 13.2 Å². The molecule has 0 aromatic heterocycles. The van der Waals surface area contributed by atoms with Gasteiger partial charge < -0.3 is 18.9 Å². The van der Waals surface area contributed by atoms with E-state index in [1.165, 1.54) is 60.7 Å². The summed E-state index contributed by atoms with van der Waals surface area (Å²) in [4.78, 5) is 74.0. The van der Waals surface area contributed by atoms with Crippen LogP contribution in [0.15, 0.2) is 58.5 Å². The van der Waals surface area contributed by atoms with E-state index in [1.54, 1.807) is 0 Å². The zero-order chi connectivity index (χ0) is 24.8. The Morgan fingerprint density at radius 3 is 1.26 bits per heavy atom. The van der Waals surface area contributed by atoms with Gasteiger partial charge in [0, 0.05) is 0 Å². The van der Waals surface area contributed by atoms with E-state index in [4.69, 9.17) is 18.9 Å². The lowest BCUT2D eigenvalue weighted by atomic mass is 10.2. The van der Waals surface area contributed by atoms with Crippen LogP contribution in [0, 0.1) is 0 Å². The van der Waals surface area contributed by atoms with Crippen molar-refractivity contribution in [2.24, 2.45) is 9.98 Å². The molecule has 0 unspecified atom stereocenters. The lowest BCUT2D eigenvalue weighted by Gasteiger charge is -2.08. The SMILES string of the molecule is O=C=Nc1ccc(C(=O)OCC(=O)OCCOC(=O)COC(=O)c2ccc(N=C=O)cc2)cc1. The van der Waals surface area contributed by atoms with Crippen molar-refractivity contribution in [3.05, 3.63) is 59.7 Å². The molecular formula is C22H16N2O10. The Balaban J connectivity index is 1.61. The van der Waals surface area contributed by atoms with Crippen LogP contribution in [0.2, 0.25) is 0 Å². The molecule has 12 nitrogen and oxygen atoms in total. The largest absolute Gasteiger partial charge is 0.460 e. The molecule has 0 saturated heterocycles. The molecule has 0 N–H and O–H groups in total. The summed E-state index contributed by atoms with van der Waals surface area (Å²) in [5.74, 6) is -3.34. The van der Waals surface area contributed by atoms with Gasteiger partial charge in [-0.1, -0.05) is 0 Å². The Labute approximate surface area is 191 Å². The molecule has 0 bridgehead atoms. The van der Waals surface area contributed by atoms with E-state index in [-0.39, 0.29) is 24.3 Å². The molecule has 0 saturated carbocycles. The fourth-order valence-electron chi connectivity index (χ4n) is 2.26. The number of hydrogen-bond acceptors (Lipinski definition) is 12. The number of aliphatic imine (C=N–C) groups is 2. The van der Waals surface area contributed by atoms with Crippen LogP contribution < -0.4 is 0 Å². The quantitative estimate of drug-likeness (QED) is 0.156. The number of carbonyl (C=O) groups excluding carboxylic acids is 6. The van der Waals surface area contributed by atoms with Crippen LogP contribution in [0.25, 0.3) is 0 Å². The molecule has 12 heteroatoms. The van der Waals surface area contributed by atoms with Crippen LogP contribution in [0.1, 0.15) is 20.7 Å². The van der Waals surface area contributed by atoms with Crippen molar-refractivity contribution < 1.29 is 47.7 Å². The fourth-order valence-corrected chi connectivity index (χ4v) is 2.26. The van der Waals surface area contributed by atoms with Crippen LogP contribution >= 0.6 is 0 Å². The van der Waals surface area contributed by atoms with Crippen LogP contribution in [-0.2, 0) is 38.1 Å². The van der Waals surface area contributed by atoms with E-state index in [9.17, 15) is 28.8 Å². The summed E-state index contributed by atoms with van der Waals surface area (Å²) in [6.07, 6.45) is 2.72. The van der Waals surface area contributed by atoms with E-state index < -0.39 is 37.1 Å². The summed E-state index contributed by atoms with van der Waals surface area (Å²) < 4.78 is 19.1. The second kappa shape index (κ2) is 13.5. The van der Waals surface area contributed by atoms with Crippen molar-refractivity contribution in [3.8, 4) is 0 Å². The van der Waals surface area contributed by atoms with Crippen LogP contribution in [0.5, 0.6) is 0 Å². The van der Waals surface area contributed by atoms with Crippen molar-refractivity contribution in [1.82, 2.24) is 0 Å². The number of nitrogens with zero attached hydrogens (tertiary/aromatic N) is 2. The van der Waals surface area contributed by atoms with E-state index in [0.29, 0.717) is 11.4 Å². The smallest absolute Gasteiger partial charge is 0.344 e. The van der Waals surface area contributed by atoms with Crippen molar-refractivity contribution >= 4 is 47.4 Å². The zero-order valence-electron chi connectivity index (χ0n) is 17.4. The highest BCUT2D eigenvalue weighted by Crippen LogP contribution is 2.13. The average Bonchev–Trinajstić information content (AvgIpc) is 2.85. The van der Waals surface area contributed by atoms with Gasteiger partial charge in [-0.05, 0) is 48.5 Å². The van der Waals surface area contributed by atoms with Crippen molar-refractivity contribution in [3.63, 3.8) is 0 Å². The van der Waals surface area contributed by atoms with E-state index in [2.05, 4.69) is 9.98 Å². The molecular weight excluding hydrogens is 452 g/mol. The molecule has 0 aliphatic heterocycles. The molecule has 2 aromatic carbocycles. The Kier molecular flexibility index (Phi) is 10.0. The first-order valence-electron chi connectivity index (χ1n) is 9.44. The molecule has 0 aliphatic rings. The first kappa shape index (κ1) is 25.3. The molecule has 0 radical (unpaired) electrons. The highest BCUT2D eigenvalue weighted by Gasteiger charge is 2.13. The number of esters is 4. The van der Waals surface area contributed by atoms with Gasteiger partial charge in [-0.2, -0.15) is 9.98 Å². The van der Waals surface area contributed by atoms with Gasteiger partial charge in [0.2, 0.25) is 12.2 Å².